The Kier molecular flexibility index (Phi) is 7.16. The van der Waals surface area contributed by atoms with Gasteiger partial charge < -0.3 is 8.83 Å². The predicted molar refractivity (Wildman–Crippen MR) is 237 cm³/mol. The van der Waals surface area contributed by atoms with Gasteiger partial charge in [0.15, 0.2) is 17.5 Å². The van der Waals surface area contributed by atoms with Crippen molar-refractivity contribution in [3.63, 3.8) is 0 Å². The number of rotatable bonds is 5. The fourth-order valence-corrected chi connectivity index (χ4v) is 8.64. The molecule has 0 atom stereocenters. The lowest BCUT2D eigenvalue weighted by Gasteiger charge is -2.13. The first-order chi connectivity index (χ1) is 28.7. The normalized spacial score (nSPS) is 11.8. The number of benzene rings is 9. The van der Waals surface area contributed by atoms with Crippen LogP contribution in [-0.2, 0) is 0 Å². The molecule has 5 nitrogen and oxygen atoms in total. The molecule has 58 heavy (non-hydrogen) atoms. The molecular weight excluding hydrogens is 711 g/mol. The number of fused-ring (bicyclic) bond motifs is 8. The summed E-state index contributed by atoms with van der Waals surface area (Å²) in [4.78, 5) is 15.7. The van der Waals surface area contributed by atoms with Crippen LogP contribution < -0.4 is 0 Å². The second-order valence-electron chi connectivity index (χ2n) is 14.7. The number of hydrogen-bond donors (Lipinski definition) is 0. The molecule has 3 aromatic heterocycles. The lowest BCUT2D eigenvalue weighted by atomic mass is 9.92. The van der Waals surface area contributed by atoms with Crippen molar-refractivity contribution in [3.05, 3.63) is 188 Å². The van der Waals surface area contributed by atoms with Crippen molar-refractivity contribution in [1.29, 1.82) is 0 Å². The van der Waals surface area contributed by atoms with E-state index in [0.29, 0.717) is 17.5 Å². The van der Waals surface area contributed by atoms with E-state index in [9.17, 15) is 0 Å². The molecule has 9 aromatic carbocycles. The third-order valence-electron chi connectivity index (χ3n) is 11.3. The Bertz CT molecular complexity index is 3580. The molecule has 0 aliphatic carbocycles. The molecule has 0 spiro atoms. The summed E-state index contributed by atoms with van der Waals surface area (Å²) < 4.78 is 12.8. The molecule has 0 saturated carbocycles. The van der Waals surface area contributed by atoms with Gasteiger partial charge in [-0.25, -0.2) is 15.0 Å². The number of aromatic nitrogens is 3. The zero-order chi connectivity index (χ0) is 38.2. The van der Waals surface area contributed by atoms with E-state index >= 15 is 0 Å². The Labute approximate surface area is 332 Å². The number of furan rings is 2. The molecule has 12 rings (SSSR count). The second-order valence-corrected chi connectivity index (χ2v) is 14.7. The molecule has 0 aliphatic rings. The van der Waals surface area contributed by atoms with Gasteiger partial charge in [0.25, 0.3) is 0 Å². The van der Waals surface area contributed by atoms with Gasteiger partial charge in [-0.05, 0) is 80.2 Å². The van der Waals surface area contributed by atoms with Gasteiger partial charge in [-0.15, -0.1) is 0 Å². The molecule has 3 heterocycles. The maximum atomic E-state index is 6.54. The van der Waals surface area contributed by atoms with Gasteiger partial charge in [-0.3, -0.25) is 0 Å². The third kappa shape index (κ3) is 5.14. The second kappa shape index (κ2) is 12.8. The fraction of sp³-hybridized carbons (Fsp3) is 0. The standard InChI is InChI=1S/C53H31N3O2/c1-2-12-32(13-3-1)35-28-29-43-48(31-35)58-46-24-10-20-40(49(43)46)38-18-8-19-39-37(38)17-9-21-41(39)52-54-51(36-27-26-33-14-4-5-15-34(33)30-36)55-53(56-52)44-22-11-25-47-50(44)42-16-6-7-23-45(42)57-47/h1-31H. The zero-order valence-corrected chi connectivity index (χ0v) is 31.1. The van der Waals surface area contributed by atoms with Gasteiger partial charge in [-0.1, -0.05) is 152 Å². The summed E-state index contributed by atoms with van der Waals surface area (Å²) in [5.41, 5.74) is 10.6. The van der Waals surface area contributed by atoms with E-state index in [1.807, 2.05) is 36.4 Å². The molecule has 0 aliphatic heterocycles. The molecule has 0 bridgehead atoms. The maximum Gasteiger partial charge on any atom is 0.164 e. The van der Waals surface area contributed by atoms with Crippen LogP contribution in [0.1, 0.15) is 0 Å². The van der Waals surface area contributed by atoms with Crippen LogP contribution in [0.3, 0.4) is 0 Å². The molecular formula is C53H31N3O2. The molecule has 5 heteroatoms. The number of nitrogens with zero attached hydrogens (tertiary/aromatic N) is 3. The summed E-state index contributed by atoms with van der Waals surface area (Å²) in [6.07, 6.45) is 0. The van der Waals surface area contributed by atoms with E-state index in [2.05, 4.69) is 152 Å². The minimum absolute atomic E-state index is 0.586. The molecule has 0 N–H and O–H groups in total. The van der Waals surface area contributed by atoms with Crippen molar-refractivity contribution in [2.75, 3.05) is 0 Å². The summed E-state index contributed by atoms with van der Waals surface area (Å²) in [6, 6.07) is 65.1. The topological polar surface area (TPSA) is 65.0 Å². The molecule has 0 unspecified atom stereocenters. The minimum atomic E-state index is 0.586. The molecule has 0 saturated heterocycles. The van der Waals surface area contributed by atoms with Gasteiger partial charge in [-0.2, -0.15) is 0 Å². The highest BCUT2D eigenvalue weighted by Crippen LogP contribution is 2.42. The molecule has 0 fully saturated rings. The van der Waals surface area contributed by atoms with Gasteiger partial charge in [0, 0.05) is 38.2 Å². The first kappa shape index (κ1) is 32.4. The van der Waals surface area contributed by atoms with Gasteiger partial charge in [0.1, 0.15) is 22.3 Å². The van der Waals surface area contributed by atoms with E-state index in [0.717, 1.165) is 104 Å². The first-order valence-electron chi connectivity index (χ1n) is 19.4. The Balaban J connectivity index is 1.07. The van der Waals surface area contributed by atoms with Gasteiger partial charge >= 0.3 is 0 Å². The van der Waals surface area contributed by atoms with E-state index in [-0.39, 0.29) is 0 Å². The summed E-state index contributed by atoms with van der Waals surface area (Å²) >= 11 is 0. The highest BCUT2D eigenvalue weighted by atomic mass is 16.3. The highest BCUT2D eigenvalue weighted by Gasteiger charge is 2.20. The molecule has 0 amide bonds. The van der Waals surface area contributed by atoms with Crippen molar-refractivity contribution < 1.29 is 8.83 Å². The van der Waals surface area contributed by atoms with Crippen LogP contribution in [0.15, 0.2) is 197 Å². The summed E-state index contributed by atoms with van der Waals surface area (Å²) in [6.45, 7) is 0. The van der Waals surface area contributed by atoms with Crippen molar-refractivity contribution in [2.24, 2.45) is 0 Å². The lowest BCUT2D eigenvalue weighted by molar-refractivity contribution is 0.668. The van der Waals surface area contributed by atoms with Crippen LogP contribution >= 0.6 is 0 Å². The van der Waals surface area contributed by atoms with Crippen LogP contribution in [0.5, 0.6) is 0 Å². The Morgan fingerprint density at radius 2 is 0.828 bits per heavy atom. The van der Waals surface area contributed by atoms with E-state index in [1.165, 1.54) is 0 Å². The van der Waals surface area contributed by atoms with Crippen LogP contribution in [-0.4, -0.2) is 15.0 Å². The first-order valence-corrected chi connectivity index (χ1v) is 19.4. The molecule has 270 valence electrons. The summed E-state index contributed by atoms with van der Waals surface area (Å²) in [5, 5.41) is 8.61. The quantitative estimate of drug-likeness (QED) is 0.176. The largest absolute Gasteiger partial charge is 0.456 e. The van der Waals surface area contributed by atoms with Crippen molar-refractivity contribution >= 4 is 65.4 Å². The SMILES string of the molecule is c1ccc(-c2ccc3c(c2)oc2cccc(-c4cccc5c(-c6nc(-c7ccc8ccccc8c7)nc(-c7cccc8oc9ccccc9c78)n6)cccc45)c23)cc1. The van der Waals surface area contributed by atoms with E-state index < -0.39 is 0 Å². The Morgan fingerprint density at radius 3 is 1.67 bits per heavy atom. The van der Waals surface area contributed by atoms with Crippen LogP contribution in [0.25, 0.3) is 122 Å². The monoisotopic (exact) mass is 741 g/mol. The average molecular weight is 742 g/mol. The average Bonchev–Trinajstić information content (AvgIpc) is 3.87. The summed E-state index contributed by atoms with van der Waals surface area (Å²) in [7, 11) is 0. The van der Waals surface area contributed by atoms with Crippen molar-refractivity contribution in [3.8, 4) is 56.4 Å². The van der Waals surface area contributed by atoms with Crippen LogP contribution in [0, 0.1) is 0 Å². The van der Waals surface area contributed by atoms with Crippen LogP contribution in [0.2, 0.25) is 0 Å². The number of para-hydroxylation sites is 1. The van der Waals surface area contributed by atoms with Crippen LogP contribution in [0.4, 0.5) is 0 Å². The number of hydrogen-bond acceptors (Lipinski definition) is 5. The fourth-order valence-electron chi connectivity index (χ4n) is 8.64. The van der Waals surface area contributed by atoms with E-state index in [4.69, 9.17) is 23.8 Å². The predicted octanol–water partition coefficient (Wildman–Crippen LogP) is 14.3. The molecule has 12 aromatic rings. The summed E-state index contributed by atoms with van der Waals surface area (Å²) in [5.74, 6) is 1.79. The van der Waals surface area contributed by atoms with Gasteiger partial charge in [0.2, 0.25) is 0 Å². The Hall–Kier alpha value is -7.89. The lowest BCUT2D eigenvalue weighted by Crippen LogP contribution is -2.01. The van der Waals surface area contributed by atoms with Crippen molar-refractivity contribution in [1.82, 2.24) is 15.0 Å². The smallest absolute Gasteiger partial charge is 0.164 e. The van der Waals surface area contributed by atoms with E-state index in [1.54, 1.807) is 0 Å². The third-order valence-corrected chi connectivity index (χ3v) is 11.3. The van der Waals surface area contributed by atoms with Crippen molar-refractivity contribution in [2.45, 2.75) is 0 Å². The Morgan fingerprint density at radius 1 is 0.276 bits per heavy atom. The van der Waals surface area contributed by atoms with Gasteiger partial charge in [0.05, 0.1) is 0 Å². The highest BCUT2D eigenvalue weighted by molar-refractivity contribution is 6.17. The minimum Gasteiger partial charge on any atom is -0.456 e. The zero-order valence-electron chi connectivity index (χ0n) is 31.1. The molecule has 0 radical (unpaired) electrons. The maximum absolute atomic E-state index is 6.54.